The fourth-order valence-electron chi connectivity index (χ4n) is 2.33. The second-order valence-electron chi connectivity index (χ2n) is 4.57. The van der Waals surface area contributed by atoms with Crippen molar-refractivity contribution in [3.8, 4) is 11.5 Å². The topological polar surface area (TPSA) is 80.6 Å². The van der Waals surface area contributed by atoms with Gasteiger partial charge in [-0.1, -0.05) is 12.1 Å². The summed E-state index contributed by atoms with van der Waals surface area (Å²) in [6.07, 6.45) is 3.48. The maximum atomic E-state index is 11.2. The summed E-state index contributed by atoms with van der Waals surface area (Å²) in [4.78, 5) is 15.6. The van der Waals surface area contributed by atoms with Gasteiger partial charge in [0.2, 0.25) is 5.89 Å². The van der Waals surface area contributed by atoms with E-state index in [2.05, 4.69) is 10.1 Å². The molecule has 21 heavy (non-hydrogen) atoms. The van der Waals surface area contributed by atoms with Crippen molar-refractivity contribution in [3.63, 3.8) is 0 Å². The third-order valence-corrected chi connectivity index (χ3v) is 3.30. The van der Waals surface area contributed by atoms with Crippen LogP contribution in [0.5, 0.6) is 0 Å². The standard InChI is InChI=1S/C15H9N3O3/c19-15(20)9-4-3-5-11-13(9)21-14(17-11)10-8-16-18-7-2-1-6-12(10)18/h1-8H,(H,19,20). The van der Waals surface area contributed by atoms with E-state index < -0.39 is 5.97 Å². The molecule has 1 N–H and O–H groups in total. The van der Waals surface area contributed by atoms with Gasteiger partial charge >= 0.3 is 5.97 Å². The van der Waals surface area contributed by atoms with Crippen molar-refractivity contribution < 1.29 is 14.3 Å². The van der Waals surface area contributed by atoms with Gasteiger partial charge in [-0.15, -0.1) is 0 Å². The van der Waals surface area contributed by atoms with Crippen molar-refractivity contribution in [1.82, 2.24) is 14.6 Å². The van der Waals surface area contributed by atoms with Crippen LogP contribution in [0.25, 0.3) is 28.1 Å². The van der Waals surface area contributed by atoms with Gasteiger partial charge in [0.25, 0.3) is 0 Å². The summed E-state index contributed by atoms with van der Waals surface area (Å²) in [5.74, 6) is -0.678. The Balaban J connectivity index is 1.99. The van der Waals surface area contributed by atoms with Crippen molar-refractivity contribution >= 4 is 22.6 Å². The van der Waals surface area contributed by atoms with Crippen LogP contribution in [0.4, 0.5) is 0 Å². The second-order valence-corrected chi connectivity index (χ2v) is 4.57. The van der Waals surface area contributed by atoms with Crippen LogP contribution in [0.3, 0.4) is 0 Å². The van der Waals surface area contributed by atoms with Crippen molar-refractivity contribution in [3.05, 3.63) is 54.4 Å². The van der Waals surface area contributed by atoms with Crippen LogP contribution >= 0.6 is 0 Å². The first-order valence-corrected chi connectivity index (χ1v) is 6.29. The van der Waals surface area contributed by atoms with Gasteiger partial charge in [-0.25, -0.2) is 14.3 Å². The minimum absolute atomic E-state index is 0.0997. The number of carboxylic acids is 1. The fraction of sp³-hybridized carbons (Fsp3) is 0. The van der Waals surface area contributed by atoms with Crippen LogP contribution in [-0.2, 0) is 0 Å². The van der Waals surface area contributed by atoms with Gasteiger partial charge in [-0.2, -0.15) is 5.10 Å². The van der Waals surface area contributed by atoms with Crippen molar-refractivity contribution in [1.29, 1.82) is 0 Å². The van der Waals surface area contributed by atoms with Crippen LogP contribution in [0.1, 0.15) is 10.4 Å². The smallest absolute Gasteiger partial charge is 0.339 e. The van der Waals surface area contributed by atoms with E-state index in [4.69, 9.17) is 4.42 Å². The normalized spacial score (nSPS) is 11.2. The van der Waals surface area contributed by atoms with Gasteiger partial charge in [0.05, 0.1) is 17.3 Å². The fourth-order valence-corrected chi connectivity index (χ4v) is 2.33. The van der Waals surface area contributed by atoms with Gasteiger partial charge in [0.1, 0.15) is 11.1 Å². The number of carboxylic acid groups (broad SMARTS) is 1. The second kappa shape index (κ2) is 4.17. The van der Waals surface area contributed by atoms with Crippen LogP contribution in [0.2, 0.25) is 0 Å². The molecule has 0 aliphatic carbocycles. The molecule has 6 heteroatoms. The molecule has 0 amide bonds. The molecule has 3 aromatic heterocycles. The largest absolute Gasteiger partial charge is 0.478 e. The van der Waals surface area contributed by atoms with E-state index in [9.17, 15) is 9.90 Å². The summed E-state index contributed by atoms with van der Waals surface area (Å²) in [5.41, 5.74) is 2.46. The first kappa shape index (κ1) is 11.7. The van der Waals surface area contributed by atoms with Crippen molar-refractivity contribution in [2.75, 3.05) is 0 Å². The molecular formula is C15H9N3O3. The highest BCUT2D eigenvalue weighted by Gasteiger charge is 2.17. The molecule has 3 heterocycles. The van der Waals surface area contributed by atoms with E-state index in [1.165, 1.54) is 6.07 Å². The number of pyridine rings is 1. The Morgan fingerprint density at radius 2 is 2.10 bits per heavy atom. The zero-order valence-electron chi connectivity index (χ0n) is 10.7. The lowest BCUT2D eigenvalue weighted by atomic mass is 10.2. The van der Waals surface area contributed by atoms with E-state index in [0.29, 0.717) is 11.4 Å². The van der Waals surface area contributed by atoms with Gasteiger partial charge < -0.3 is 9.52 Å². The van der Waals surface area contributed by atoms with Crippen LogP contribution < -0.4 is 0 Å². The molecule has 0 aliphatic rings. The van der Waals surface area contributed by atoms with E-state index in [1.807, 2.05) is 24.4 Å². The molecule has 6 nitrogen and oxygen atoms in total. The Labute approximate surface area is 118 Å². The summed E-state index contributed by atoms with van der Waals surface area (Å²) in [6, 6.07) is 10.5. The van der Waals surface area contributed by atoms with Crippen molar-refractivity contribution in [2.45, 2.75) is 0 Å². The average Bonchev–Trinajstić information content (AvgIpc) is 3.09. The summed E-state index contributed by atoms with van der Waals surface area (Å²) in [6.45, 7) is 0. The SMILES string of the molecule is O=C(O)c1cccc2nc(-c3cnn4ccccc34)oc12. The number of carbonyl (C=O) groups is 1. The third kappa shape index (κ3) is 1.69. The maximum absolute atomic E-state index is 11.2. The summed E-state index contributed by atoms with van der Waals surface area (Å²) >= 11 is 0. The quantitative estimate of drug-likeness (QED) is 0.610. The molecule has 0 spiro atoms. The van der Waals surface area contributed by atoms with Crippen LogP contribution in [0, 0.1) is 0 Å². The molecule has 102 valence electrons. The third-order valence-electron chi connectivity index (χ3n) is 3.30. The maximum Gasteiger partial charge on any atom is 0.339 e. The minimum atomic E-state index is -1.04. The summed E-state index contributed by atoms with van der Waals surface area (Å²) < 4.78 is 7.38. The zero-order valence-corrected chi connectivity index (χ0v) is 10.7. The van der Waals surface area contributed by atoms with Gasteiger partial charge in [0, 0.05) is 6.20 Å². The molecular weight excluding hydrogens is 270 g/mol. The predicted molar refractivity (Wildman–Crippen MR) is 75.2 cm³/mol. The number of hydrogen-bond donors (Lipinski definition) is 1. The molecule has 0 atom stereocenters. The first-order valence-electron chi connectivity index (χ1n) is 6.29. The molecule has 0 saturated carbocycles. The molecule has 0 bridgehead atoms. The minimum Gasteiger partial charge on any atom is -0.478 e. The number of hydrogen-bond acceptors (Lipinski definition) is 4. The average molecular weight is 279 g/mol. The van der Waals surface area contributed by atoms with E-state index in [1.54, 1.807) is 22.8 Å². The molecule has 4 aromatic rings. The highest BCUT2D eigenvalue weighted by atomic mass is 16.4. The highest BCUT2D eigenvalue weighted by Crippen LogP contribution is 2.29. The Hall–Kier alpha value is -3.15. The van der Waals surface area contributed by atoms with Crippen molar-refractivity contribution in [2.24, 2.45) is 0 Å². The molecule has 1 aromatic carbocycles. The van der Waals surface area contributed by atoms with E-state index >= 15 is 0 Å². The molecule has 4 rings (SSSR count). The van der Waals surface area contributed by atoms with Gasteiger partial charge in [-0.05, 0) is 24.3 Å². The number of aromatic nitrogens is 3. The summed E-state index contributed by atoms with van der Waals surface area (Å²) in [5, 5.41) is 13.4. The number of nitrogens with zero attached hydrogens (tertiary/aromatic N) is 3. The Morgan fingerprint density at radius 3 is 2.95 bits per heavy atom. The highest BCUT2D eigenvalue weighted by molar-refractivity contribution is 6.00. The predicted octanol–water partition coefficient (Wildman–Crippen LogP) is 2.84. The number of aromatic carboxylic acids is 1. The lowest BCUT2D eigenvalue weighted by Gasteiger charge is -1.94. The number of benzene rings is 1. The lowest BCUT2D eigenvalue weighted by molar-refractivity contribution is 0.0698. The molecule has 0 aliphatic heterocycles. The molecule has 0 saturated heterocycles. The Kier molecular flexibility index (Phi) is 2.32. The summed E-state index contributed by atoms with van der Waals surface area (Å²) in [7, 11) is 0. The number of para-hydroxylation sites is 1. The molecule has 0 radical (unpaired) electrons. The number of oxazole rings is 1. The monoisotopic (exact) mass is 279 g/mol. The van der Waals surface area contributed by atoms with Crippen LogP contribution in [0.15, 0.2) is 53.2 Å². The van der Waals surface area contributed by atoms with Gasteiger partial charge in [0.15, 0.2) is 5.58 Å². The zero-order chi connectivity index (χ0) is 14.4. The molecule has 0 fully saturated rings. The lowest BCUT2D eigenvalue weighted by Crippen LogP contribution is -1.95. The van der Waals surface area contributed by atoms with E-state index in [-0.39, 0.29) is 11.1 Å². The van der Waals surface area contributed by atoms with Crippen LogP contribution in [-0.4, -0.2) is 25.7 Å². The van der Waals surface area contributed by atoms with Gasteiger partial charge in [-0.3, -0.25) is 0 Å². The molecule has 0 unspecified atom stereocenters. The Morgan fingerprint density at radius 1 is 1.19 bits per heavy atom. The van der Waals surface area contributed by atoms with E-state index in [0.717, 1.165) is 11.1 Å². The Bertz CT molecular complexity index is 984. The number of fused-ring (bicyclic) bond motifs is 2. The number of rotatable bonds is 2. The first-order chi connectivity index (χ1) is 10.2.